The average Bonchev–Trinajstić information content (AvgIpc) is 2.60. The minimum absolute atomic E-state index is 0.333. The van der Waals surface area contributed by atoms with Crippen molar-refractivity contribution in [2.75, 3.05) is 14.2 Å². The summed E-state index contributed by atoms with van der Waals surface area (Å²) in [5, 5.41) is 1.93. The molecule has 0 spiro atoms. The first-order valence-corrected chi connectivity index (χ1v) is 6.99. The molecule has 0 fully saturated rings. The molecule has 3 aromatic rings. The van der Waals surface area contributed by atoms with Crippen LogP contribution in [0, 0.1) is 0 Å². The molecule has 1 aromatic heterocycles. The van der Waals surface area contributed by atoms with Crippen LogP contribution in [0.2, 0.25) is 0 Å². The number of carbonyl (C=O) groups excluding carboxylic acids is 1. The lowest BCUT2D eigenvalue weighted by molar-refractivity contribution is 0.0731. The molecule has 0 saturated carbocycles. The maximum Gasteiger partial charge on any atom is 0.347 e. The standard InChI is InChI=1S/C18H15NO4/c1-21-14-5-6-16(17(10-14)22-2)18(20)23-15-4-3-12-7-8-19-11-13(12)9-15/h3-11H,1-2H3. The Morgan fingerprint density at radius 2 is 1.74 bits per heavy atom. The molecule has 0 aliphatic rings. The topological polar surface area (TPSA) is 57.7 Å². The van der Waals surface area contributed by atoms with Gasteiger partial charge in [0.2, 0.25) is 0 Å². The van der Waals surface area contributed by atoms with E-state index in [1.807, 2.05) is 12.1 Å². The summed E-state index contributed by atoms with van der Waals surface area (Å²) in [5.41, 5.74) is 0.333. The maximum absolute atomic E-state index is 12.4. The number of rotatable bonds is 4. The van der Waals surface area contributed by atoms with E-state index in [0.29, 0.717) is 22.8 Å². The lowest BCUT2D eigenvalue weighted by Crippen LogP contribution is -2.10. The van der Waals surface area contributed by atoms with Crippen molar-refractivity contribution in [2.24, 2.45) is 0 Å². The van der Waals surface area contributed by atoms with Crippen LogP contribution in [0.25, 0.3) is 10.8 Å². The summed E-state index contributed by atoms with van der Waals surface area (Å²) >= 11 is 0. The third-order valence-electron chi connectivity index (χ3n) is 3.45. The normalized spacial score (nSPS) is 10.3. The summed E-state index contributed by atoms with van der Waals surface area (Å²) in [6, 6.07) is 12.2. The first-order chi connectivity index (χ1) is 11.2. The Bertz CT molecular complexity index is 861. The number of aromatic nitrogens is 1. The van der Waals surface area contributed by atoms with Crippen LogP contribution in [0.1, 0.15) is 10.4 Å². The van der Waals surface area contributed by atoms with Gasteiger partial charge < -0.3 is 14.2 Å². The van der Waals surface area contributed by atoms with E-state index >= 15 is 0 Å². The molecule has 3 rings (SSSR count). The van der Waals surface area contributed by atoms with Gasteiger partial charge in [-0.05, 0) is 35.7 Å². The van der Waals surface area contributed by atoms with Gasteiger partial charge in [-0.3, -0.25) is 4.98 Å². The Morgan fingerprint density at radius 3 is 2.52 bits per heavy atom. The summed E-state index contributed by atoms with van der Waals surface area (Å²) in [5.74, 6) is 0.966. The van der Waals surface area contributed by atoms with Crippen LogP contribution in [0.4, 0.5) is 0 Å². The minimum atomic E-state index is -0.493. The molecule has 0 unspecified atom stereocenters. The second-order valence-electron chi connectivity index (χ2n) is 4.84. The molecular weight excluding hydrogens is 294 g/mol. The molecule has 0 radical (unpaired) electrons. The zero-order valence-electron chi connectivity index (χ0n) is 12.8. The van der Waals surface area contributed by atoms with Gasteiger partial charge in [-0.1, -0.05) is 6.07 Å². The summed E-state index contributed by atoms with van der Waals surface area (Å²) in [4.78, 5) is 16.4. The van der Waals surface area contributed by atoms with Crippen molar-refractivity contribution >= 4 is 16.7 Å². The summed E-state index contributed by atoms with van der Waals surface area (Å²) < 4.78 is 15.8. The molecule has 0 N–H and O–H groups in total. The Balaban J connectivity index is 1.88. The number of nitrogens with zero attached hydrogens (tertiary/aromatic N) is 1. The van der Waals surface area contributed by atoms with E-state index in [4.69, 9.17) is 14.2 Å². The highest BCUT2D eigenvalue weighted by atomic mass is 16.5. The zero-order valence-corrected chi connectivity index (χ0v) is 12.8. The molecule has 0 saturated heterocycles. The SMILES string of the molecule is COc1ccc(C(=O)Oc2ccc3ccncc3c2)c(OC)c1. The summed E-state index contributed by atoms with van der Waals surface area (Å²) in [7, 11) is 3.04. The van der Waals surface area contributed by atoms with Crippen LogP contribution in [-0.2, 0) is 0 Å². The van der Waals surface area contributed by atoms with Crippen LogP contribution in [-0.4, -0.2) is 25.2 Å². The first kappa shape index (κ1) is 14.8. The third kappa shape index (κ3) is 3.08. The fraction of sp³-hybridized carbons (Fsp3) is 0.111. The van der Waals surface area contributed by atoms with Gasteiger partial charge in [0, 0.05) is 23.8 Å². The van der Waals surface area contributed by atoms with E-state index in [2.05, 4.69) is 4.98 Å². The van der Waals surface area contributed by atoms with Gasteiger partial charge in [-0.25, -0.2) is 4.79 Å². The van der Waals surface area contributed by atoms with Gasteiger partial charge in [0.05, 0.1) is 14.2 Å². The molecule has 2 aromatic carbocycles. The van der Waals surface area contributed by atoms with Gasteiger partial charge in [0.15, 0.2) is 0 Å². The van der Waals surface area contributed by atoms with E-state index in [1.165, 1.54) is 7.11 Å². The number of hydrogen-bond acceptors (Lipinski definition) is 5. The molecule has 0 aliphatic heterocycles. The van der Waals surface area contributed by atoms with Gasteiger partial charge >= 0.3 is 5.97 Å². The number of hydrogen-bond donors (Lipinski definition) is 0. The second-order valence-corrected chi connectivity index (χ2v) is 4.84. The Kier molecular flexibility index (Phi) is 4.10. The predicted octanol–water partition coefficient (Wildman–Crippen LogP) is 3.47. The van der Waals surface area contributed by atoms with Crippen molar-refractivity contribution < 1.29 is 19.0 Å². The first-order valence-electron chi connectivity index (χ1n) is 6.99. The minimum Gasteiger partial charge on any atom is -0.497 e. The predicted molar refractivity (Wildman–Crippen MR) is 86.2 cm³/mol. The summed E-state index contributed by atoms with van der Waals surface area (Å²) in [6.07, 6.45) is 3.44. The van der Waals surface area contributed by atoms with Crippen LogP contribution in [0.3, 0.4) is 0 Å². The molecule has 5 heteroatoms. The smallest absolute Gasteiger partial charge is 0.347 e. The fourth-order valence-electron chi connectivity index (χ4n) is 2.26. The van der Waals surface area contributed by atoms with Crippen LogP contribution < -0.4 is 14.2 Å². The largest absolute Gasteiger partial charge is 0.497 e. The zero-order chi connectivity index (χ0) is 16.2. The van der Waals surface area contributed by atoms with E-state index < -0.39 is 5.97 Å². The van der Waals surface area contributed by atoms with Crippen molar-refractivity contribution in [3.63, 3.8) is 0 Å². The lowest BCUT2D eigenvalue weighted by atomic mass is 10.1. The quantitative estimate of drug-likeness (QED) is 0.545. The molecule has 0 bridgehead atoms. The van der Waals surface area contributed by atoms with Crippen molar-refractivity contribution in [2.45, 2.75) is 0 Å². The van der Waals surface area contributed by atoms with Crippen molar-refractivity contribution in [1.29, 1.82) is 0 Å². The van der Waals surface area contributed by atoms with E-state index in [1.54, 1.807) is 49.8 Å². The average molecular weight is 309 g/mol. The molecule has 0 atom stereocenters. The van der Waals surface area contributed by atoms with Crippen LogP contribution in [0.15, 0.2) is 54.9 Å². The number of carbonyl (C=O) groups is 1. The highest BCUT2D eigenvalue weighted by Crippen LogP contribution is 2.27. The van der Waals surface area contributed by atoms with Gasteiger partial charge in [-0.15, -0.1) is 0 Å². The highest BCUT2D eigenvalue weighted by Gasteiger charge is 2.15. The maximum atomic E-state index is 12.4. The molecule has 1 heterocycles. The number of methoxy groups -OCH3 is 2. The van der Waals surface area contributed by atoms with E-state index in [9.17, 15) is 4.79 Å². The Hall–Kier alpha value is -3.08. The molecule has 5 nitrogen and oxygen atoms in total. The number of esters is 1. The molecule has 0 aliphatic carbocycles. The third-order valence-corrected chi connectivity index (χ3v) is 3.45. The monoisotopic (exact) mass is 309 g/mol. The van der Waals surface area contributed by atoms with Gasteiger partial charge in [0.25, 0.3) is 0 Å². The van der Waals surface area contributed by atoms with Crippen LogP contribution in [0.5, 0.6) is 17.2 Å². The van der Waals surface area contributed by atoms with Crippen molar-refractivity contribution in [3.05, 3.63) is 60.4 Å². The van der Waals surface area contributed by atoms with Crippen molar-refractivity contribution in [3.8, 4) is 17.2 Å². The van der Waals surface area contributed by atoms with Crippen molar-refractivity contribution in [1.82, 2.24) is 4.98 Å². The fourth-order valence-corrected chi connectivity index (χ4v) is 2.26. The summed E-state index contributed by atoms with van der Waals surface area (Å²) in [6.45, 7) is 0. The Labute approximate surface area is 133 Å². The second kappa shape index (κ2) is 6.36. The van der Waals surface area contributed by atoms with Crippen LogP contribution >= 0.6 is 0 Å². The number of pyridine rings is 1. The number of ether oxygens (including phenoxy) is 3. The highest BCUT2D eigenvalue weighted by molar-refractivity contribution is 5.95. The molecule has 23 heavy (non-hydrogen) atoms. The number of benzene rings is 2. The molecule has 116 valence electrons. The lowest BCUT2D eigenvalue weighted by Gasteiger charge is -2.10. The molecular formula is C18H15NO4. The van der Waals surface area contributed by atoms with E-state index in [0.717, 1.165) is 10.8 Å². The van der Waals surface area contributed by atoms with Gasteiger partial charge in [-0.2, -0.15) is 0 Å². The van der Waals surface area contributed by atoms with Gasteiger partial charge in [0.1, 0.15) is 22.8 Å². The Morgan fingerprint density at radius 1 is 0.913 bits per heavy atom. The molecule has 0 amide bonds. The number of fused-ring (bicyclic) bond motifs is 1. The van der Waals surface area contributed by atoms with E-state index in [-0.39, 0.29) is 0 Å².